The zero-order valence-electron chi connectivity index (χ0n) is 15.0. The van der Waals surface area contributed by atoms with Crippen LogP contribution in [0.4, 0.5) is 11.4 Å². The van der Waals surface area contributed by atoms with Crippen molar-refractivity contribution in [2.24, 2.45) is 0 Å². The van der Waals surface area contributed by atoms with Gasteiger partial charge in [0.25, 0.3) is 5.91 Å². The third-order valence-electron chi connectivity index (χ3n) is 4.30. The molecule has 27 heavy (non-hydrogen) atoms. The predicted octanol–water partition coefficient (Wildman–Crippen LogP) is 2.19. The summed E-state index contributed by atoms with van der Waals surface area (Å²) in [7, 11) is 1.48. The van der Waals surface area contributed by atoms with Crippen LogP contribution in [0.3, 0.4) is 0 Å². The van der Waals surface area contributed by atoms with E-state index in [1.54, 1.807) is 53.4 Å². The summed E-state index contributed by atoms with van der Waals surface area (Å²) >= 11 is 0. The summed E-state index contributed by atoms with van der Waals surface area (Å²) < 4.78 is 5.14. The Hall–Kier alpha value is -3.35. The molecular weight excluding hydrogens is 346 g/mol. The molecule has 0 aliphatic carbocycles. The highest BCUT2D eigenvalue weighted by Crippen LogP contribution is 2.23. The second-order valence-corrected chi connectivity index (χ2v) is 6.13. The van der Waals surface area contributed by atoms with Crippen molar-refractivity contribution in [3.63, 3.8) is 0 Å². The molecule has 0 radical (unpaired) electrons. The largest absolute Gasteiger partial charge is 0.496 e. The number of methoxy groups -OCH3 is 1. The van der Waals surface area contributed by atoms with E-state index >= 15 is 0 Å². The quantitative estimate of drug-likeness (QED) is 0.819. The molecule has 140 valence electrons. The normalized spacial score (nSPS) is 13.4. The summed E-state index contributed by atoms with van der Waals surface area (Å²) in [6, 6.07) is 13.9. The van der Waals surface area contributed by atoms with E-state index in [1.807, 2.05) is 0 Å². The van der Waals surface area contributed by atoms with Gasteiger partial charge in [0.05, 0.1) is 19.2 Å². The number of ether oxygens (including phenoxy) is 1. The lowest BCUT2D eigenvalue weighted by Crippen LogP contribution is -2.33. The minimum absolute atomic E-state index is 0.117. The third-order valence-corrected chi connectivity index (χ3v) is 4.30. The van der Waals surface area contributed by atoms with Gasteiger partial charge in [0.1, 0.15) is 5.75 Å². The number of nitrogens with zero attached hydrogens (tertiary/aromatic N) is 1. The van der Waals surface area contributed by atoms with Gasteiger partial charge in [-0.05, 0) is 42.8 Å². The Morgan fingerprint density at radius 3 is 2.52 bits per heavy atom. The van der Waals surface area contributed by atoms with Crippen molar-refractivity contribution in [3.8, 4) is 5.75 Å². The first-order valence-electron chi connectivity index (χ1n) is 8.70. The highest BCUT2D eigenvalue weighted by atomic mass is 16.5. The molecule has 7 nitrogen and oxygen atoms in total. The maximum absolute atomic E-state index is 12.2. The van der Waals surface area contributed by atoms with Crippen molar-refractivity contribution >= 4 is 29.1 Å². The van der Waals surface area contributed by atoms with Crippen molar-refractivity contribution in [2.75, 3.05) is 30.4 Å². The van der Waals surface area contributed by atoms with Crippen LogP contribution >= 0.6 is 0 Å². The Kier molecular flexibility index (Phi) is 5.71. The lowest BCUT2D eigenvalue weighted by Gasteiger charge is -2.16. The molecule has 0 spiro atoms. The fourth-order valence-electron chi connectivity index (χ4n) is 2.94. The molecule has 1 aliphatic rings. The van der Waals surface area contributed by atoms with Crippen LogP contribution in [0.25, 0.3) is 0 Å². The zero-order valence-corrected chi connectivity index (χ0v) is 15.0. The number of hydrogen-bond donors (Lipinski definition) is 2. The SMILES string of the molecule is COc1ccccc1C(=O)NCC(=O)Nc1ccc(N2CCCC2=O)cc1. The Morgan fingerprint density at radius 1 is 1.11 bits per heavy atom. The van der Waals surface area contributed by atoms with Crippen LogP contribution in [-0.2, 0) is 9.59 Å². The fraction of sp³-hybridized carbons (Fsp3) is 0.250. The summed E-state index contributed by atoms with van der Waals surface area (Å²) in [5.41, 5.74) is 1.79. The van der Waals surface area contributed by atoms with Gasteiger partial charge in [-0.3, -0.25) is 14.4 Å². The average Bonchev–Trinajstić information content (AvgIpc) is 3.12. The summed E-state index contributed by atoms with van der Waals surface area (Å²) in [5, 5.41) is 5.29. The number of para-hydroxylation sites is 1. The number of nitrogens with one attached hydrogen (secondary N) is 2. The first-order chi connectivity index (χ1) is 13.1. The van der Waals surface area contributed by atoms with Crippen LogP contribution in [0.15, 0.2) is 48.5 Å². The number of carbonyl (C=O) groups is 3. The standard InChI is InChI=1S/C20H21N3O4/c1-27-17-6-3-2-5-16(17)20(26)21-13-18(24)22-14-8-10-15(11-9-14)23-12-4-7-19(23)25/h2-3,5-6,8-11H,4,7,12-13H2,1H3,(H,21,26)(H,22,24). The van der Waals surface area contributed by atoms with E-state index in [9.17, 15) is 14.4 Å². The topological polar surface area (TPSA) is 87.7 Å². The van der Waals surface area contributed by atoms with Crippen molar-refractivity contribution in [1.29, 1.82) is 0 Å². The van der Waals surface area contributed by atoms with Crippen LogP contribution in [0.5, 0.6) is 5.75 Å². The van der Waals surface area contributed by atoms with Crippen molar-refractivity contribution < 1.29 is 19.1 Å². The first kappa shape index (κ1) is 18.4. The number of rotatable bonds is 6. The van der Waals surface area contributed by atoms with Gasteiger partial charge < -0.3 is 20.3 Å². The molecule has 1 aliphatic heterocycles. The molecule has 0 atom stereocenters. The number of anilines is 2. The van der Waals surface area contributed by atoms with E-state index in [4.69, 9.17) is 4.74 Å². The van der Waals surface area contributed by atoms with Gasteiger partial charge in [0.2, 0.25) is 11.8 Å². The van der Waals surface area contributed by atoms with E-state index in [0.717, 1.165) is 18.7 Å². The number of benzene rings is 2. The Balaban J connectivity index is 1.53. The number of carbonyl (C=O) groups excluding carboxylic acids is 3. The van der Waals surface area contributed by atoms with E-state index in [1.165, 1.54) is 7.11 Å². The second kappa shape index (κ2) is 8.35. The maximum Gasteiger partial charge on any atom is 0.255 e. The van der Waals surface area contributed by atoms with Crippen LogP contribution in [0.1, 0.15) is 23.2 Å². The lowest BCUT2D eigenvalue weighted by molar-refractivity contribution is -0.117. The van der Waals surface area contributed by atoms with Crippen molar-refractivity contribution in [1.82, 2.24) is 5.32 Å². The Bertz CT molecular complexity index is 849. The third kappa shape index (κ3) is 4.44. The molecule has 0 saturated carbocycles. The maximum atomic E-state index is 12.2. The van der Waals surface area contributed by atoms with Gasteiger partial charge in [-0.25, -0.2) is 0 Å². The van der Waals surface area contributed by atoms with Gasteiger partial charge in [-0.15, -0.1) is 0 Å². The van der Waals surface area contributed by atoms with E-state index < -0.39 is 0 Å². The molecular formula is C20H21N3O4. The summed E-state index contributed by atoms with van der Waals surface area (Å²) in [6.07, 6.45) is 1.44. The zero-order chi connectivity index (χ0) is 19.2. The minimum atomic E-state index is -0.384. The Morgan fingerprint density at radius 2 is 1.85 bits per heavy atom. The molecule has 2 aromatic rings. The fourth-order valence-corrected chi connectivity index (χ4v) is 2.94. The molecule has 2 N–H and O–H groups in total. The van der Waals surface area contributed by atoms with Crippen molar-refractivity contribution in [2.45, 2.75) is 12.8 Å². The summed E-state index contributed by atoms with van der Waals surface area (Å²) in [5.74, 6) is -0.165. The molecule has 1 heterocycles. The average molecular weight is 367 g/mol. The molecule has 1 saturated heterocycles. The molecule has 2 aromatic carbocycles. The van der Waals surface area contributed by atoms with Crippen molar-refractivity contribution in [3.05, 3.63) is 54.1 Å². The molecule has 1 fully saturated rings. The van der Waals surface area contributed by atoms with Gasteiger partial charge in [0, 0.05) is 24.3 Å². The summed E-state index contributed by atoms with van der Waals surface area (Å²) in [6.45, 7) is 0.558. The first-order valence-corrected chi connectivity index (χ1v) is 8.70. The van der Waals surface area contributed by atoms with Crippen LogP contribution in [-0.4, -0.2) is 37.9 Å². The van der Waals surface area contributed by atoms with Crippen LogP contribution in [0, 0.1) is 0 Å². The van der Waals surface area contributed by atoms with E-state index in [-0.39, 0.29) is 24.3 Å². The highest BCUT2D eigenvalue weighted by Gasteiger charge is 2.21. The van der Waals surface area contributed by atoms with Gasteiger partial charge in [-0.2, -0.15) is 0 Å². The van der Waals surface area contributed by atoms with E-state index in [2.05, 4.69) is 10.6 Å². The molecule has 0 unspecified atom stereocenters. The van der Waals surface area contributed by atoms with Gasteiger partial charge in [-0.1, -0.05) is 12.1 Å². The predicted molar refractivity (Wildman–Crippen MR) is 102 cm³/mol. The van der Waals surface area contributed by atoms with Gasteiger partial charge in [0.15, 0.2) is 0 Å². The van der Waals surface area contributed by atoms with E-state index in [0.29, 0.717) is 23.4 Å². The molecule has 3 rings (SSSR count). The van der Waals surface area contributed by atoms with Gasteiger partial charge >= 0.3 is 0 Å². The molecule has 0 aromatic heterocycles. The number of amides is 3. The van der Waals surface area contributed by atoms with Crippen LogP contribution < -0.4 is 20.3 Å². The number of hydrogen-bond acceptors (Lipinski definition) is 4. The minimum Gasteiger partial charge on any atom is -0.496 e. The smallest absolute Gasteiger partial charge is 0.255 e. The monoisotopic (exact) mass is 367 g/mol. The second-order valence-electron chi connectivity index (χ2n) is 6.13. The molecule has 7 heteroatoms. The molecule has 3 amide bonds. The lowest BCUT2D eigenvalue weighted by atomic mass is 10.2. The Labute approximate surface area is 157 Å². The summed E-state index contributed by atoms with van der Waals surface area (Å²) in [4.78, 5) is 37.8. The highest BCUT2D eigenvalue weighted by molar-refractivity contribution is 6.01. The van der Waals surface area contributed by atoms with Crippen LogP contribution in [0.2, 0.25) is 0 Å². The molecule has 0 bridgehead atoms.